The summed E-state index contributed by atoms with van der Waals surface area (Å²) in [6, 6.07) is 14.4. The number of hydrogen-bond donors (Lipinski definition) is 1. The molecule has 0 bridgehead atoms. The summed E-state index contributed by atoms with van der Waals surface area (Å²) in [7, 11) is 1.87. The van der Waals surface area contributed by atoms with E-state index < -0.39 is 0 Å². The highest BCUT2D eigenvalue weighted by Gasteiger charge is 2.19. The van der Waals surface area contributed by atoms with Crippen molar-refractivity contribution in [2.24, 2.45) is 7.05 Å². The van der Waals surface area contributed by atoms with E-state index in [1.807, 2.05) is 30.7 Å². The van der Waals surface area contributed by atoms with E-state index in [0.29, 0.717) is 20.9 Å². The van der Waals surface area contributed by atoms with E-state index in [1.165, 1.54) is 11.8 Å². The average molecular weight is 407 g/mol. The summed E-state index contributed by atoms with van der Waals surface area (Å²) in [6.45, 7) is 1.83. The first-order chi connectivity index (χ1) is 12.4. The zero-order chi connectivity index (χ0) is 18.7. The highest BCUT2D eigenvalue weighted by Crippen LogP contribution is 2.27. The van der Waals surface area contributed by atoms with Crippen molar-refractivity contribution in [1.82, 2.24) is 14.8 Å². The fraction of sp³-hybridized carbons (Fsp3) is 0.167. The smallest absolute Gasteiger partial charge is 0.237 e. The topological polar surface area (TPSA) is 59.8 Å². The number of aromatic nitrogens is 3. The van der Waals surface area contributed by atoms with Gasteiger partial charge in [0, 0.05) is 28.3 Å². The van der Waals surface area contributed by atoms with E-state index in [1.54, 1.807) is 36.4 Å². The summed E-state index contributed by atoms with van der Waals surface area (Å²) in [4.78, 5) is 12.4. The number of rotatable bonds is 5. The van der Waals surface area contributed by atoms with Crippen LogP contribution in [0, 0.1) is 0 Å². The third kappa shape index (κ3) is 4.38. The van der Waals surface area contributed by atoms with Crippen LogP contribution in [0.3, 0.4) is 0 Å². The minimum Gasteiger partial charge on any atom is -0.325 e. The first-order valence-electron chi connectivity index (χ1n) is 7.82. The Morgan fingerprint density at radius 1 is 1.04 bits per heavy atom. The van der Waals surface area contributed by atoms with Gasteiger partial charge in [-0.05, 0) is 55.5 Å². The van der Waals surface area contributed by atoms with Crippen molar-refractivity contribution in [3.8, 4) is 11.4 Å². The van der Waals surface area contributed by atoms with Gasteiger partial charge >= 0.3 is 0 Å². The molecule has 0 aliphatic carbocycles. The van der Waals surface area contributed by atoms with Gasteiger partial charge in [-0.3, -0.25) is 4.79 Å². The third-order valence-electron chi connectivity index (χ3n) is 3.70. The Bertz CT molecular complexity index is 910. The SMILES string of the molecule is CC(Sc1nnc(-c2ccc(Cl)cc2)n1C)C(=O)Nc1ccc(Cl)cc1. The second-order valence-electron chi connectivity index (χ2n) is 5.63. The molecule has 26 heavy (non-hydrogen) atoms. The highest BCUT2D eigenvalue weighted by molar-refractivity contribution is 8.00. The lowest BCUT2D eigenvalue weighted by Gasteiger charge is -2.11. The molecule has 1 aromatic heterocycles. The molecule has 5 nitrogen and oxygen atoms in total. The Balaban J connectivity index is 1.69. The van der Waals surface area contributed by atoms with Crippen LogP contribution in [-0.4, -0.2) is 25.9 Å². The Morgan fingerprint density at radius 3 is 2.23 bits per heavy atom. The lowest BCUT2D eigenvalue weighted by Crippen LogP contribution is -2.22. The first kappa shape index (κ1) is 18.8. The van der Waals surface area contributed by atoms with Crippen LogP contribution in [0.4, 0.5) is 5.69 Å². The number of nitrogens with one attached hydrogen (secondary N) is 1. The number of carbonyl (C=O) groups excluding carboxylic acids is 1. The summed E-state index contributed by atoms with van der Waals surface area (Å²) in [6.07, 6.45) is 0. The van der Waals surface area contributed by atoms with Gasteiger partial charge in [-0.2, -0.15) is 0 Å². The summed E-state index contributed by atoms with van der Waals surface area (Å²) in [5, 5.41) is 12.9. The number of hydrogen-bond acceptors (Lipinski definition) is 4. The predicted molar refractivity (Wildman–Crippen MR) is 107 cm³/mol. The van der Waals surface area contributed by atoms with Crippen molar-refractivity contribution in [1.29, 1.82) is 0 Å². The van der Waals surface area contributed by atoms with Crippen molar-refractivity contribution in [2.45, 2.75) is 17.3 Å². The quantitative estimate of drug-likeness (QED) is 0.611. The van der Waals surface area contributed by atoms with Gasteiger partial charge in [0.2, 0.25) is 5.91 Å². The molecule has 134 valence electrons. The number of amides is 1. The molecule has 0 saturated carbocycles. The largest absolute Gasteiger partial charge is 0.325 e. The van der Waals surface area contributed by atoms with Crippen LogP contribution in [0.2, 0.25) is 10.0 Å². The van der Waals surface area contributed by atoms with Crippen molar-refractivity contribution in [3.05, 3.63) is 58.6 Å². The summed E-state index contributed by atoms with van der Waals surface area (Å²) in [5.74, 6) is 0.600. The molecule has 1 unspecified atom stereocenters. The van der Waals surface area contributed by atoms with Crippen LogP contribution >= 0.6 is 35.0 Å². The Morgan fingerprint density at radius 2 is 1.62 bits per heavy atom. The second-order valence-corrected chi connectivity index (χ2v) is 7.81. The van der Waals surface area contributed by atoms with E-state index in [0.717, 1.165) is 11.4 Å². The number of halogens is 2. The molecule has 1 amide bonds. The van der Waals surface area contributed by atoms with Gasteiger partial charge in [-0.25, -0.2) is 0 Å². The molecule has 0 spiro atoms. The van der Waals surface area contributed by atoms with Crippen molar-refractivity contribution in [3.63, 3.8) is 0 Å². The monoisotopic (exact) mass is 406 g/mol. The molecule has 3 aromatic rings. The van der Waals surface area contributed by atoms with E-state index in [2.05, 4.69) is 15.5 Å². The van der Waals surface area contributed by atoms with Crippen molar-refractivity contribution >= 4 is 46.6 Å². The maximum absolute atomic E-state index is 12.4. The number of anilines is 1. The lowest BCUT2D eigenvalue weighted by atomic mass is 10.2. The molecule has 3 rings (SSSR count). The zero-order valence-corrected chi connectivity index (χ0v) is 16.4. The van der Waals surface area contributed by atoms with E-state index >= 15 is 0 Å². The zero-order valence-electron chi connectivity index (χ0n) is 14.1. The number of benzene rings is 2. The van der Waals surface area contributed by atoms with Crippen LogP contribution in [-0.2, 0) is 11.8 Å². The van der Waals surface area contributed by atoms with Gasteiger partial charge in [0.05, 0.1) is 5.25 Å². The minimum atomic E-state index is -0.341. The summed E-state index contributed by atoms with van der Waals surface area (Å²) in [5.41, 5.74) is 1.61. The van der Waals surface area contributed by atoms with Crippen molar-refractivity contribution < 1.29 is 4.79 Å². The molecule has 0 aliphatic rings. The molecule has 0 aliphatic heterocycles. The number of thioether (sulfide) groups is 1. The molecule has 1 atom stereocenters. The van der Waals surface area contributed by atoms with Gasteiger partial charge in [-0.1, -0.05) is 35.0 Å². The Hall–Kier alpha value is -2.02. The van der Waals surface area contributed by atoms with Gasteiger partial charge in [-0.15, -0.1) is 10.2 Å². The maximum Gasteiger partial charge on any atom is 0.237 e. The Labute approximate surface area is 165 Å². The van der Waals surface area contributed by atoms with Gasteiger partial charge < -0.3 is 9.88 Å². The van der Waals surface area contributed by atoms with Crippen LogP contribution in [0.1, 0.15) is 6.92 Å². The van der Waals surface area contributed by atoms with Crippen LogP contribution in [0.5, 0.6) is 0 Å². The molecule has 0 saturated heterocycles. The minimum absolute atomic E-state index is 0.117. The van der Waals surface area contributed by atoms with E-state index in [9.17, 15) is 4.79 Å². The normalized spacial score (nSPS) is 12.0. The fourth-order valence-corrected chi connectivity index (χ4v) is 3.32. The van der Waals surface area contributed by atoms with Gasteiger partial charge in [0.25, 0.3) is 0 Å². The molecular formula is C18H16Cl2N4OS. The van der Waals surface area contributed by atoms with Crippen molar-refractivity contribution in [2.75, 3.05) is 5.32 Å². The number of nitrogens with zero attached hydrogens (tertiary/aromatic N) is 3. The molecule has 8 heteroatoms. The van der Waals surface area contributed by atoms with E-state index in [-0.39, 0.29) is 11.2 Å². The van der Waals surface area contributed by atoms with E-state index in [4.69, 9.17) is 23.2 Å². The Kier molecular flexibility index (Phi) is 5.86. The molecule has 0 radical (unpaired) electrons. The lowest BCUT2D eigenvalue weighted by molar-refractivity contribution is -0.115. The van der Waals surface area contributed by atoms with Gasteiger partial charge in [0.1, 0.15) is 0 Å². The van der Waals surface area contributed by atoms with Crippen LogP contribution in [0.25, 0.3) is 11.4 Å². The molecule has 2 aromatic carbocycles. The molecule has 1 N–H and O–H groups in total. The fourth-order valence-electron chi connectivity index (χ4n) is 2.26. The van der Waals surface area contributed by atoms with Gasteiger partial charge in [0.15, 0.2) is 11.0 Å². The predicted octanol–water partition coefficient (Wildman–Crippen LogP) is 4.91. The first-order valence-corrected chi connectivity index (χ1v) is 9.46. The number of carbonyl (C=O) groups is 1. The average Bonchev–Trinajstić information content (AvgIpc) is 2.98. The molecule has 0 fully saturated rings. The third-order valence-corrected chi connectivity index (χ3v) is 5.34. The molecule has 1 heterocycles. The summed E-state index contributed by atoms with van der Waals surface area (Å²) >= 11 is 13.1. The molecular weight excluding hydrogens is 391 g/mol. The van der Waals surface area contributed by atoms with Crippen LogP contribution < -0.4 is 5.32 Å². The maximum atomic E-state index is 12.4. The summed E-state index contributed by atoms with van der Waals surface area (Å²) < 4.78 is 1.86. The standard InChI is InChI=1S/C18H16Cl2N4OS/c1-11(17(25)21-15-9-7-14(20)8-10-15)26-18-23-22-16(24(18)2)12-3-5-13(19)6-4-12/h3-11H,1-2H3,(H,21,25). The highest BCUT2D eigenvalue weighted by atomic mass is 35.5. The second kappa shape index (κ2) is 8.12. The van der Waals surface area contributed by atoms with Crippen LogP contribution in [0.15, 0.2) is 53.7 Å².